The van der Waals surface area contributed by atoms with E-state index in [4.69, 9.17) is 0 Å². The Hall–Kier alpha value is -3.45. The number of rotatable bonds is 10. The van der Waals surface area contributed by atoms with Crippen LogP contribution in [0.15, 0.2) is 78.9 Å². The van der Waals surface area contributed by atoms with Crippen molar-refractivity contribution in [3.63, 3.8) is 0 Å². The Labute approximate surface area is 233 Å². The van der Waals surface area contributed by atoms with Gasteiger partial charge in [0, 0.05) is 29.6 Å². The second kappa shape index (κ2) is 12.8. The fraction of sp³-hybridized carbons (Fsp3) is 0.394. The quantitative estimate of drug-likeness (QED) is 0.257. The summed E-state index contributed by atoms with van der Waals surface area (Å²) in [7, 11) is 0. The molecule has 1 fully saturated rings. The van der Waals surface area contributed by atoms with Gasteiger partial charge >= 0.3 is 12.1 Å². The highest BCUT2D eigenvalue weighted by Crippen LogP contribution is 2.43. The van der Waals surface area contributed by atoms with Gasteiger partial charge in [0.2, 0.25) is 0 Å². The summed E-state index contributed by atoms with van der Waals surface area (Å²) in [6.45, 7) is 4.95. The van der Waals surface area contributed by atoms with E-state index in [1.807, 2.05) is 42.5 Å². The van der Waals surface area contributed by atoms with Gasteiger partial charge in [-0.25, -0.2) is 0 Å². The molecular formula is C33H36F3NO3. The molecule has 1 aliphatic rings. The average molecular weight is 552 g/mol. The molecule has 3 aromatic carbocycles. The van der Waals surface area contributed by atoms with Gasteiger partial charge in [-0.2, -0.15) is 13.2 Å². The van der Waals surface area contributed by atoms with Crippen molar-refractivity contribution < 1.29 is 27.9 Å². The number of likely N-dealkylation sites (tertiary alicyclic amines) is 1. The molecule has 1 N–H and O–H groups in total. The first-order valence-corrected chi connectivity index (χ1v) is 13.9. The van der Waals surface area contributed by atoms with Crippen molar-refractivity contribution in [1.82, 2.24) is 4.90 Å². The van der Waals surface area contributed by atoms with Crippen LogP contribution in [0.5, 0.6) is 0 Å². The standard InChI is InChI=1S/C33H36F3NO3/c1-22(2)8-17-29(24-9-11-27(12-10-24)32(40)26-6-4-3-5-7-26)37-19-18-23(21-31(38)39)20-30(37)25-13-15-28(16-14-25)33(34,35)36/h3-7,9-16,22-23,29-30H,8,17-21H2,1-2H3,(H,38,39). The second-order valence-corrected chi connectivity index (χ2v) is 11.2. The number of nitrogens with zero attached hydrogens (tertiary/aromatic N) is 1. The van der Waals surface area contributed by atoms with Crippen molar-refractivity contribution in [1.29, 1.82) is 0 Å². The molecule has 1 saturated heterocycles. The predicted octanol–water partition coefficient (Wildman–Crippen LogP) is 8.34. The third-order valence-electron chi connectivity index (χ3n) is 7.85. The van der Waals surface area contributed by atoms with E-state index in [-0.39, 0.29) is 30.2 Å². The van der Waals surface area contributed by atoms with E-state index in [2.05, 4.69) is 18.7 Å². The second-order valence-electron chi connectivity index (χ2n) is 11.2. The number of carboxylic acid groups (broad SMARTS) is 1. The fourth-order valence-corrected chi connectivity index (χ4v) is 5.71. The smallest absolute Gasteiger partial charge is 0.416 e. The van der Waals surface area contributed by atoms with E-state index >= 15 is 0 Å². The highest BCUT2D eigenvalue weighted by atomic mass is 19.4. The monoisotopic (exact) mass is 551 g/mol. The van der Waals surface area contributed by atoms with Gasteiger partial charge in [0.05, 0.1) is 5.56 Å². The van der Waals surface area contributed by atoms with Crippen LogP contribution in [0.3, 0.4) is 0 Å². The zero-order chi connectivity index (χ0) is 28.9. The van der Waals surface area contributed by atoms with E-state index in [0.717, 1.165) is 36.1 Å². The molecule has 7 heteroatoms. The Kier molecular flexibility index (Phi) is 9.46. The molecule has 0 bridgehead atoms. The highest BCUT2D eigenvalue weighted by Gasteiger charge is 2.36. The maximum atomic E-state index is 13.3. The lowest BCUT2D eigenvalue weighted by atomic mass is 9.82. The van der Waals surface area contributed by atoms with Gasteiger partial charge in [-0.3, -0.25) is 14.5 Å². The summed E-state index contributed by atoms with van der Waals surface area (Å²) in [5.74, 6) is -0.518. The number of ketones is 1. The number of alkyl halides is 3. The molecular weight excluding hydrogens is 515 g/mol. The minimum atomic E-state index is -4.42. The third kappa shape index (κ3) is 7.39. The molecule has 3 atom stereocenters. The molecule has 1 heterocycles. The van der Waals surface area contributed by atoms with Crippen molar-refractivity contribution in [2.75, 3.05) is 6.54 Å². The van der Waals surface area contributed by atoms with Gasteiger partial charge in [-0.05, 0) is 67.3 Å². The number of hydrogen-bond acceptors (Lipinski definition) is 3. The molecule has 0 radical (unpaired) electrons. The Morgan fingerprint density at radius 1 is 0.900 bits per heavy atom. The molecule has 0 saturated carbocycles. The van der Waals surface area contributed by atoms with Crippen LogP contribution in [-0.2, 0) is 11.0 Å². The van der Waals surface area contributed by atoms with Crippen molar-refractivity contribution >= 4 is 11.8 Å². The van der Waals surface area contributed by atoms with Crippen LogP contribution < -0.4 is 0 Å². The van der Waals surface area contributed by atoms with E-state index in [0.29, 0.717) is 36.4 Å². The normalized spacial score (nSPS) is 18.9. The van der Waals surface area contributed by atoms with E-state index < -0.39 is 17.7 Å². The van der Waals surface area contributed by atoms with Crippen LogP contribution >= 0.6 is 0 Å². The Balaban J connectivity index is 1.67. The van der Waals surface area contributed by atoms with E-state index in [1.54, 1.807) is 12.1 Å². The van der Waals surface area contributed by atoms with Gasteiger partial charge < -0.3 is 5.11 Å². The lowest BCUT2D eigenvalue weighted by molar-refractivity contribution is -0.139. The van der Waals surface area contributed by atoms with Crippen molar-refractivity contribution in [3.05, 3.63) is 107 Å². The Morgan fingerprint density at radius 2 is 1.52 bits per heavy atom. The molecule has 3 aromatic rings. The zero-order valence-corrected chi connectivity index (χ0v) is 22.9. The van der Waals surface area contributed by atoms with Crippen molar-refractivity contribution in [2.45, 2.75) is 64.2 Å². The summed E-state index contributed by atoms with van der Waals surface area (Å²) in [6, 6.07) is 21.8. The van der Waals surface area contributed by atoms with Gasteiger partial charge in [0.15, 0.2) is 5.78 Å². The van der Waals surface area contributed by atoms with Crippen LogP contribution in [0.2, 0.25) is 0 Å². The topological polar surface area (TPSA) is 57.6 Å². The van der Waals surface area contributed by atoms with Gasteiger partial charge in [0.1, 0.15) is 0 Å². The van der Waals surface area contributed by atoms with Crippen LogP contribution in [0.1, 0.15) is 90.6 Å². The lowest BCUT2D eigenvalue weighted by Gasteiger charge is -2.44. The highest BCUT2D eigenvalue weighted by molar-refractivity contribution is 6.08. The average Bonchev–Trinajstić information content (AvgIpc) is 2.93. The summed E-state index contributed by atoms with van der Waals surface area (Å²) in [5, 5.41) is 9.43. The third-order valence-corrected chi connectivity index (χ3v) is 7.85. The number of hydrogen-bond donors (Lipinski definition) is 1. The van der Waals surface area contributed by atoms with Crippen LogP contribution in [0.25, 0.3) is 0 Å². The first-order valence-electron chi connectivity index (χ1n) is 13.9. The molecule has 40 heavy (non-hydrogen) atoms. The summed E-state index contributed by atoms with van der Waals surface area (Å²) >= 11 is 0. The predicted molar refractivity (Wildman–Crippen MR) is 149 cm³/mol. The SMILES string of the molecule is CC(C)CCC(c1ccc(C(=O)c2ccccc2)cc1)N1CCC(CC(=O)O)CC1c1ccc(C(F)(F)F)cc1. The number of halogens is 3. The lowest BCUT2D eigenvalue weighted by Crippen LogP contribution is -2.40. The first kappa shape index (κ1) is 29.5. The number of benzene rings is 3. The number of carbonyl (C=O) groups excluding carboxylic acids is 1. The van der Waals surface area contributed by atoms with E-state index in [1.165, 1.54) is 12.1 Å². The molecule has 4 nitrogen and oxygen atoms in total. The molecule has 0 amide bonds. The fourth-order valence-electron chi connectivity index (χ4n) is 5.71. The molecule has 212 valence electrons. The van der Waals surface area contributed by atoms with E-state index in [9.17, 15) is 27.9 Å². The number of aliphatic carboxylic acids is 1. The molecule has 0 aromatic heterocycles. The van der Waals surface area contributed by atoms with Crippen molar-refractivity contribution in [3.8, 4) is 0 Å². The summed E-state index contributed by atoms with van der Waals surface area (Å²) in [4.78, 5) is 26.8. The first-order chi connectivity index (χ1) is 19.0. The molecule has 4 rings (SSSR count). The van der Waals surface area contributed by atoms with Crippen LogP contribution in [0, 0.1) is 11.8 Å². The Morgan fingerprint density at radius 3 is 2.10 bits per heavy atom. The summed E-state index contributed by atoms with van der Waals surface area (Å²) < 4.78 is 39.8. The minimum absolute atomic E-state index is 0.0265. The maximum absolute atomic E-state index is 13.3. The van der Waals surface area contributed by atoms with Gasteiger partial charge in [-0.15, -0.1) is 0 Å². The number of piperidine rings is 1. The molecule has 3 unspecified atom stereocenters. The van der Waals surface area contributed by atoms with Gasteiger partial charge in [-0.1, -0.05) is 80.6 Å². The molecule has 1 aliphatic heterocycles. The zero-order valence-electron chi connectivity index (χ0n) is 22.9. The summed E-state index contributed by atoms with van der Waals surface area (Å²) in [6.07, 6.45) is -1.34. The van der Waals surface area contributed by atoms with Crippen LogP contribution in [-0.4, -0.2) is 28.3 Å². The van der Waals surface area contributed by atoms with Gasteiger partial charge in [0.25, 0.3) is 0 Å². The Bertz CT molecular complexity index is 1270. The number of carbonyl (C=O) groups is 2. The largest absolute Gasteiger partial charge is 0.481 e. The number of carboxylic acids is 1. The minimum Gasteiger partial charge on any atom is -0.481 e. The van der Waals surface area contributed by atoms with Crippen molar-refractivity contribution in [2.24, 2.45) is 11.8 Å². The molecule has 0 aliphatic carbocycles. The van der Waals surface area contributed by atoms with Crippen LogP contribution in [0.4, 0.5) is 13.2 Å². The summed E-state index contributed by atoms with van der Waals surface area (Å²) in [5.41, 5.74) is 2.31. The maximum Gasteiger partial charge on any atom is 0.416 e. The molecule has 0 spiro atoms.